The predicted octanol–water partition coefficient (Wildman–Crippen LogP) is 3.42. The van der Waals surface area contributed by atoms with Crippen LogP contribution in [0, 0.1) is 11.8 Å². The molecule has 1 saturated carbocycles. The molecule has 1 aliphatic heterocycles. The van der Waals surface area contributed by atoms with Crippen LogP contribution in [-0.2, 0) is 11.2 Å². The quantitative estimate of drug-likeness (QED) is 0.341. The molecule has 0 aromatic carbocycles. The number of aliphatic imine (C=N–C) groups is 1. The molecule has 2 aliphatic rings. The molecule has 0 radical (unpaired) electrons. The summed E-state index contributed by atoms with van der Waals surface area (Å²) in [6.45, 7) is 7.54. The number of rotatable bonds is 7. The first-order valence-electron chi connectivity index (χ1n) is 10.5. The third-order valence-electron chi connectivity index (χ3n) is 5.40. The monoisotopic (exact) mass is 502 g/mol. The minimum absolute atomic E-state index is 0. The van der Waals surface area contributed by atoms with Crippen LogP contribution in [0.2, 0.25) is 0 Å². The van der Waals surface area contributed by atoms with Gasteiger partial charge in [0.25, 0.3) is 0 Å². The normalized spacial score (nSPS) is 20.5. The van der Waals surface area contributed by atoms with Crippen LogP contribution < -0.4 is 10.6 Å². The lowest BCUT2D eigenvalue weighted by Gasteiger charge is -2.21. The number of hydrogen-bond donors (Lipinski definition) is 2. The van der Waals surface area contributed by atoms with Gasteiger partial charge in [0.15, 0.2) is 5.96 Å². The molecule has 1 saturated heterocycles. The molecule has 1 aliphatic carbocycles. The summed E-state index contributed by atoms with van der Waals surface area (Å²) in [6, 6.07) is 4.18. The van der Waals surface area contributed by atoms with E-state index in [4.69, 9.17) is 9.41 Å². The highest BCUT2D eigenvalue weighted by molar-refractivity contribution is 14.0. The maximum atomic E-state index is 12.6. The van der Waals surface area contributed by atoms with Crippen molar-refractivity contribution in [3.63, 3.8) is 0 Å². The van der Waals surface area contributed by atoms with Gasteiger partial charge in [-0.15, -0.1) is 24.0 Å². The Balaban J connectivity index is 0.00000280. The molecular formula is C21H35IN4O2. The number of carbonyl (C=O) groups excluding carboxylic acids is 1. The van der Waals surface area contributed by atoms with Crippen LogP contribution in [0.4, 0.5) is 0 Å². The highest BCUT2D eigenvalue weighted by Crippen LogP contribution is 2.27. The van der Waals surface area contributed by atoms with E-state index in [0.717, 1.165) is 63.6 Å². The van der Waals surface area contributed by atoms with Crippen molar-refractivity contribution < 1.29 is 9.21 Å². The van der Waals surface area contributed by atoms with E-state index < -0.39 is 0 Å². The van der Waals surface area contributed by atoms with Crippen LogP contribution in [0.3, 0.4) is 0 Å². The van der Waals surface area contributed by atoms with Crippen molar-refractivity contribution in [2.24, 2.45) is 16.8 Å². The molecule has 2 N–H and O–H groups in total. The summed E-state index contributed by atoms with van der Waals surface area (Å²) in [5.74, 6) is 2.96. The fourth-order valence-corrected chi connectivity index (χ4v) is 3.89. The van der Waals surface area contributed by atoms with E-state index in [9.17, 15) is 4.79 Å². The smallest absolute Gasteiger partial charge is 0.225 e. The fourth-order valence-electron chi connectivity index (χ4n) is 3.89. The molecule has 1 aromatic rings. The van der Waals surface area contributed by atoms with Crippen molar-refractivity contribution >= 4 is 35.8 Å². The van der Waals surface area contributed by atoms with E-state index in [1.165, 1.54) is 12.8 Å². The van der Waals surface area contributed by atoms with Crippen molar-refractivity contribution in [2.75, 3.05) is 26.2 Å². The molecule has 0 spiro atoms. The molecule has 2 heterocycles. The van der Waals surface area contributed by atoms with Gasteiger partial charge in [0, 0.05) is 44.6 Å². The SMILES string of the molecule is CC(C)CN=C(NCCc1ccco1)NC1CCN(C(=O)C2CCCC2)C1.I. The molecular weight excluding hydrogens is 467 g/mol. The molecule has 2 fully saturated rings. The Morgan fingerprint density at radius 1 is 1.32 bits per heavy atom. The van der Waals surface area contributed by atoms with Gasteiger partial charge in [-0.2, -0.15) is 0 Å². The molecule has 3 rings (SSSR count). The Morgan fingerprint density at radius 3 is 2.79 bits per heavy atom. The fraction of sp³-hybridized carbons (Fsp3) is 0.714. The van der Waals surface area contributed by atoms with Crippen molar-refractivity contribution in [2.45, 2.75) is 58.4 Å². The molecule has 158 valence electrons. The van der Waals surface area contributed by atoms with Gasteiger partial charge < -0.3 is 20.0 Å². The average molecular weight is 502 g/mol. The van der Waals surface area contributed by atoms with Crippen LogP contribution in [-0.4, -0.2) is 49.0 Å². The Hall–Kier alpha value is -1.25. The first kappa shape index (κ1) is 23.0. The maximum absolute atomic E-state index is 12.6. The second-order valence-electron chi connectivity index (χ2n) is 8.23. The second-order valence-corrected chi connectivity index (χ2v) is 8.23. The lowest BCUT2D eigenvalue weighted by atomic mass is 10.1. The van der Waals surface area contributed by atoms with Crippen molar-refractivity contribution in [1.82, 2.24) is 15.5 Å². The Labute approximate surface area is 185 Å². The maximum Gasteiger partial charge on any atom is 0.225 e. The standard InChI is InChI=1S/C21H34N4O2.HI/c1-16(2)14-23-21(22-11-9-19-8-5-13-27-19)24-18-10-12-25(15-18)20(26)17-6-3-4-7-17;/h5,8,13,16-18H,3-4,6-7,9-12,14-15H2,1-2H3,(H2,22,23,24);1H. The Kier molecular flexibility index (Phi) is 9.61. The van der Waals surface area contributed by atoms with Crippen LogP contribution in [0.5, 0.6) is 0 Å². The molecule has 1 amide bonds. The van der Waals surface area contributed by atoms with Gasteiger partial charge in [-0.05, 0) is 37.3 Å². The average Bonchev–Trinajstić information content (AvgIpc) is 3.40. The number of likely N-dealkylation sites (tertiary alicyclic amines) is 1. The zero-order valence-corrected chi connectivity index (χ0v) is 19.5. The topological polar surface area (TPSA) is 69.9 Å². The van der Waals surface area contributed by atoms with Crippen LogP contribution in [0.1, 0.15) is 51.7 Å². The molecule has 1 aromatic heterocycles. The van der Waals surface area contributed by atoms with Gasteiger partial charge in [0.2, 0.25) is 5.91 Å². The van der Waals surface area contributed by atoms with Crippen LogP contribution in [0.25, 0.3) is 0 Å². The number of amides is 1. The minimum atomic E-state index is 0. The number of furan rings is 1. The van der Waals surface area contributed by atoms with Gasteiger partial charge in [-0.25, -0.2) is 0 Å². The summed E-state index contributed by atoms with van der Waals surface area (Å²) in [5, 5.41) is 6.96. The summed E-state index contributed by atoms with van der Waals surface area (Å²) in [6.07, 6.45) is 8.07. The first-order chi connectivity index (χ1) is 13.1. The van der Waals surface area contributed by atoms with E-state index in [0.29, 0.717) is 11.8 Å². The number of hydrogen-bond acceptors (Lipinski definition) is 3. The third kappa shape index (κ3) is 6.97. The van der Waals surface area contributed by atoms with Crippen molar-refractivity contribution in [3.05, 3.63) is 24.2 Å². The Bertz CT molecular complexity index is 612. The lowest BCUT2D eigenvalue weighted by molar-refractivity contribution is -0.134. The van der Waals surface area contributed by atoms with E-state index >= 15 is 0 Å². The summed E-state index contributed by atoms with van der Waals surface area (Å²) >= 11 is 0. The number of carbonyl (C=O) groups is 1. The molecule has 28 heavy (non-hydrogen) atoms. The van der Waals surface area contributed by atoms with Crippen molar-refractivity contribution in [1.29, 1.82) is 0 Å². The highest BCUT2D eigenvalue weighted by atomic mass is 127. The minimum Gasteiger partial charge on any atom is -0.469 e. The summed E-state index contributed by atoms with van der Waals surface area (Å²) in [4.78, 5) is 19.4. The van der Waals surface area contributed by atoms with Crippen LogP contribution in [0.15, 0.2) is 27.8 Å². The summed E-state index contributed by atoms with van der Waals surface area (Å²) < 4.78 is 5.39. The van der Waals surface area contributed by atoms with E-state index in [-0.39, 0.29) is 35.9 Å². The number of nitrogens with one attached hydrogen (secondary N) is 2. The van der Waals surface area contributed by atoms with E-state index in [1.807, 2.05) is 12.1 Å². The first-order valence-corrected chi connectivity index (χ1v) is 10.5. The molecule has 1 atom stereocenters. The molecule has 1 unspecified atom stereocenters. The number of guanidine groups is 1. The highest BCUT2D eigenvalue weighted by Gasteiger charge is 2.32. The number of halogens is 1. The van der Waals surface area contributed by atoms with Gasteiger partial charge in [0.1, 0.15) is 5.76 Å². The van der Waals surface area contributed by atoms with Gasteiger partial charge in [0.05, 0.1) is 6.26 Å². The second kappa shape index (κ2) is 11.7. The lowest BCUT2D eigenvalue weighted by Crippen LogP contribution is -2.46. The van der Waals surface area contributed by atoms with Gasteiger partial charge in [-0.1, -0.05) is 26.7 Å². The largest absolute Gasteiger partial charge is 0.469 e. The van der Waals surface area contributed by atoms with Crippen molar-refractivity contribution in [3.8, 4) is 0 Å². The third-order valence-corrected chi connectivity index (χ3v) is 5.40. The van der Waals surface area contributed by atoms with E-state index in [1.54, 1.807) is 6.26 Å². The molecule has 0 bridgehead atoms. The molecule has 7 heteroatoms. The molecule has 6 nitrogen and oxygen atoms in total. The summed E-state index contributed by atoms with van der Waals surface area (Å²) in [7, 11) is 0. The van der Waals surface area contributed by atoms with Crippen LogP contribution >= 0.6 is 24.0 Å². The Morgan fingerprint density at radius 2 is 2.11 bits per heavy atom. The summed E-state index contributed by atoms with van der Waals surface area (Å²) in [5.41, 5.74) is 0. The zero-order valence-electron chi connectivity index (χ0n) is 17.2. The van der Waals surface area contributed by atoms with E-state index in [2.05, 4.69) is 29.4 Å². The number of nitrogens with zero attached hydrogens (tertiary/aromatic N) is 2. The van der Waals surface area contributed by atoms with Gasteiger partial charge >= 0.3 is 0 Å². The zero-order chi connectivity index (χ0) is 19.1. The van der Waals surface area contributed by atoms with Gasteiger partial charge in [-0.3, -0.25) is 9.79 Å². The predicted molar refractivity (Wildman–Crippen MR) is 123 cm³/mol.